The van der Waals surface area contributed by atoms with Crippen molar-refractivity contribution in [2.45, 2.75) is 73.1 Å². The number of allylic oxidation sites excluding steroid dienone is 4. The molecule has 0 radical (unpaired) electrons. The minimum Gasteiger partial charge on any atom is -0.382 e. The van der Waals surface area contributed by atoms with Crippen LogP contribution in [0.2, 0.25) is 0 Å². The predicted octanol–water partition coefficient (Wildman–Crippen LogP) is 5.38. The van der Waals surface area contributed by atoms with Crippen LogP contribution in [0.15, 0.2) is 35.6 Å². The zero-order chi connectivity index (χ0) is 20.7. The Hall–Kier alpha value is -1.64. The van der Waals surface area contributed by atoms with Crippen molar-refractivity contribution in [3.63, 3.8) is 0 Å². The van der Waals surface area contributed by atoms with E-state index in [1.54, 1.807) is 6.08 Å². The Balaban J connectivity index is 1.83. The topological polar surface area (TPSA) is 46.2 Å². The highest BCUT2D eigenvalue weighted by molar-refractivity contribution is 6.19. The third kappa shape index (κ3) is 3.65. The molecule has 0 aromatic heterocycles. The number of carbonyl (C=O) groups excluding carboxylic acids is 2. The summed E-state index contributed by atoms with van der Waals surface area (Å²) in [7, 11) is 0. The Morgan fingerprint density at radius 1 is 1.18 bits per heavy atom. The second kappa shape index (κ2) is 7.65. The van der Waals surface area contributed by atoms with Crippen LogP contribution in [-0.4, -0.2) is 18.1 Å². The molecule has 3 aliphatic rings. The van der Waals surface area contributed by atoms with Crippen LogP contribution >= 0.6 is 0 Å². The van der Waals surface area contributed by atoms with Gasteiger partial charge in [0, 0.05) is 18.2 Å². The fraction of sp³-hybridized carbons (Fsp3) is 0.680. The minimum absolute atomic E-state index is 0.00111. The van der Waals surface area contributed by atoms with Crippen molar-refractivity contribution in [2.75, 3.05) is 6.54 Å². The molecule has 0 bridgehead atoms. The normalized spacial score (nSPS) is 36.1. The van der Waals surface area contributed by atoms with E-state index in [9.17, 15) is 9.59 Å². The molecular formula is C25H37NO2. The predicted molar refractivity (Wildman–Crippen MR) is 115 cm³/mol. The SMILES string of the molecule is C=C1CCCC2C1(C)CCC(C)C2(C)CC1=CC(=O)C(NCC(C)C)=CC1=O. The molecule has 4 unspecified atom stereocenters. The highest BCUT2D eigenvalue weighted by Gasteiger charge is 2.54. The zero-order valence-corrected chi connectivity index (χ0v) is 18.4. The van der Waals surface area contributed by atoms with Gasteiger partial charge < -0.3 is 5.32 Å². The van der Waals surface area contributed by atoms with Gasteiger partial charge in [0.25, 0.3) is 0 Å². The highest BCUT2D eigenvalue weighted by Crippen LogP contribution is 2.63. The Morgan fingerprint density at radius 2 is 1.89 bits per heavy atom. The van der Waals surface area contributed by atoms with Gasteiger partial charge in [0.05, 0.1) is 5.70 Å². The van der Waals surface area contributed by atoms with E-state index in [0.717, 1.165) is 12.8 Å². The van der Waals surface area contributed by atoms with Crippen molar-refractivity contribution in [1.82, 2.24) is 5.32 Å². The summed E-state index contributed by atoms with van der Waals surface area (Å²) in [6.07, 6.45) is 9.70. The molecule has 0 heterocycles. The molecule has 0 aromatic rings. The summed E-state index contributed by atoms with van der Waals surface area (Å²) in [4.78, 5) is 25.5. The molecule has 3 aliphatic carbocycles. The molecule has 2 fully saturated rings. The summed E-state index contributed by atoms with van der Waals surface area (Å²) in [5, 5.41) is 3.14. The number of ketones is 2. The summed E-state index contributed by atoms with van der Waals surface area (Å²) in [6, 6.07) is 0. The number of rotatable bonds is 5. The van der Waals surface area contributed by atoms with Crippen LogP contribution in [0.1, 0.15) is 73.1 Å². The quantitative estimate of drug-likeness (QED) is 0.512. The van der Waals surface area contributed by atoms with Gasteiger partial charge in [-0.15, -0.1) is 0 Å². The van der Waals surface area contributed by atoms with Crippen LogP contribution in [-0.2, 0) is 9.59 Å². The molecule has 0 amide bonds. The summed E-state index contributed by atoms with van der Waals surface area (Å²) in [5.74, 6) is 1.43. The lowest BCUT2D eigenvalue weighted by atomic mass is 9.46. The summed E-state index contributed by atoms with van der Waals surface area (Å²) in [6.45, 7) is 16.4. The molecule has 2 saturated carbocycles. The lowest BCUT2D eigenvalue weighted by Gasteiger charge is -2.59. The van der Waals surface area contributed by atoms with Gasteiger partial charge in [0.15, 0.2) is 5.78 Å². The van der Waals surface area contributed by atoms with Crippen molar-refractivity contribution < 1.29 is 9.59 Å². The maximum atomic E-state index is 12.9. The van der Waals surface area contributed by atoms with Gasteiger partial charge in [0.2, 0.25) is 5.78 Å². The van der Waals surface area contributed by atoms with E-state index in [0.29, 0.717) is 42.0 Å². The second-order valence-electron chi connectivity index (χ2n) is 10.3. The lowest BCUT2D eigenvalue weighted by Crippen LogP contribution is -2.50. The summed E-state index contributed by atoms with van der Waals surface area (Å²) >= 11 is 0. The molecule has 3 heteroatoms. The van der Waals surface area contributed by atoms with Crippen molar-refractivity contribution in [2.24, 2.45) is 28.6 Å². The van der Waals surface area contributed by atoms with Gasteiger partial charge in [0.1, 0.15) is 0 Å². The van der Waals surface area contributed by atoms with Crippen LogP contribution < -0.4 is 5.32 Å². The fourth-order valence-electron chi connectivity index (χ4n) is 5.87. The maximum Gasteiger partial charge on any atom is 0.202 e. The number of hydrogen-bond acceptors (Lipinski definition) is 3. The first-order valence-electron chi connectivity index (χ1n) is 11.0. The molecule has 3 nitrogen and oxygen atoms in total. The van der Waals surface area contributed by atoms with E-state index in [2.05, 4.69) is 46.5 Å². The first kappa shape index (κ1) is 21.1. The molecule has 4 atom stereocenters. The number of carbonyl (C=O) groups is 2. The average Bonchev–Trinajstić information content (AvgIpc) is 2.62. The van der Waals surface area contributed by atoms with Crippen LogP contribution in [0.5, 0.6) is 0 Å². The first-order chi connectivity index (χ1) is 13.1. The largest absolute Gasteiger partial charge is 0.382 e. The van der Waals surface area contributed by atoms with Gasteiger partial charge in [-0.25, -0.2) is 0 Å². The van der Waals surface area contributed by atoms with Crippen molar-refractivity contribution in [1.29, 1.82) is 0 Å². The summed E-state index contributed by atoms with van der Waals surface area (Å²) in [5.41, 5.74) is 2.72. The van der Waals surface area contributed by atoms with Crippen LogP contribution in [0.3, 0.4) is 0 Å². The maximum absolute atomic E-state index is 12.9. The van der Waals surface area contributed by atoms with E-state index >= 15 is 0 Å². The molecule has 1 N–H and O–H groups in total. The third-order valence-electron chi connectivity index (χ3n) is 8.00. The monoisotopic (exact) mass is 383 g/mol. The fourth-order valence-corrected chi connectivity index (χ4v) is 5.87. The molecule has 28 heavy (non-hydrogen) atoms. The van der Waals surface area contributed by atoms with Crippen molar-refractivity contribution >= 4 is 11.6 Å². The van der Waals surface area contributed by atoms with Gasteiger partial charge in [-0.1, -0.05) is 46.8 Å². The second-order valence-corrected chi connectivity index (χ2v) is 10.3. The van der Waals surface area contributed by atoms with E-state index in [-0.39, 0.29) is 22.4 Å². The molecule has 154 valence electrons. The van der Waals surface area contributed by atoms with Crippen molar-refractivity contribution in [3.8, 4) is 0 Å². The highest BCUT2D eigenvalue weighted by atomic mass is 16.1. The molecule has 0 spiro atoms. The van der Waals surface area contributed by atoms with Crippen LogP contribution in [0.25, 0.3) is 0 Å². The van der Waals surface area contributed by atoms with Gasteiger partial charge in [-0.3, -0.25) is 9.59 Å². The number of hydrogen-bond donors (Lipinski definition) is 1. The molecule has 3 rings (SSSR count). The Kier molecular flexibility index (Phi) is 5.76. The molecular weight excluding hydrogens is 346 g/mol. The minimum atomic E-state index is -0.0573. The molecule has 0 aliphatic heterocycles. The van der Waals surface area contributed by atoms with Crippen LogP contribution in [0.4, 0.5) is 0 Å². The van der Waals surface area contributed by atoms with Crippen molar-refractivity contribution in [3.05, 3.63) is 35.6 Å². The first-order valence-corrected chi connectivity index (χ1v) is 11.0. The Labute approximate surface area is 170 Å². The lowest BCUT2D eigenvalue weighted by molar-refractivity contribution is -0.116. The number of nitrogens with one attached hydrogen (secondary N) is 1. The third-order valence-corrected chi connectivity index (χ3v) is 8.00. The average molecular weight is 384 g/mol. The van der Waals surface area contributed by atoms with Gasteiger partial charge in [-0.05, 0) is 73.2 Å². The van der Waals surface area contributed by atoms with E-state index in [1.807, 2.05) is 0 Å². The Morgan fingerprint density at radius 3 is 2.57 bits per heavy atom. The van der Waals surface area contributed by atoms with Crippen LogP contribution in [0, 0.1) is 28.6 Å². The molecule has 0 aromatic carbocycles. The van der Waals surface area contributed by atoms with Gasteiger partial charge in [-0.2, -0.15) is 0 Å². The Bertz CT molecular complexity index is 744. The van der Waals surface area contributed by atoms with E-state index in [4.69, 9.17) is 0 Å². The molecule has 0 saturated heterocycles. The number of fused-ring (bicyclic) bond motifs is 1. The zero-order valence-electron chi connectivity index (χ0n) is 18.4. The van der Waals surface area contributed by atoms with Gasteiger partial charge >= 0.3 is 0 Å². The summed E-state index contributed by atoms with van der Waals surface area (Å²) < 4.78 is 0. The standard InChI is InChI=1S/C25H37NO2/c1-16(2)15-26-20-13-21(27)19(12-22(20)28)14-25(6)18(4)10-11-24(5)17(3)8-7-9-23(24)25/h12-13,16,18,23,26H,3,7-11,14-15H2,1-2,4-6H3. The smallest absolute Gasteiger partial charge is 0.202 e. The van der Waals surface area contributed by atoms with E-state index in [1.165, 1.54) is 30.9 Å². The van der Waals surface area contributed by atoms with E-state index < -0.39 is 0 Å².